The van der Waals surface area contributed by atoms with Crippen LogP contribution in [0.5, 0.6) is 0 Å². The molecule has 2 N–H and O–H groups in total. The fraction of sp³-hybridized carbons (Fsp3) is 0.200. The van der Waals surface area contributed by atoms with Gasteiger partial charge in [0.05, 0.1) is 10.6 Å². The summed E-state index contributed by atoms with van der Waals surface area (Å²) in [6.07, 6.45) is 1.05. The van der Waals surface area contributed by atoms with Crippen LogP contribution >= 0.6 is 22.9 Å². The van der Waals surface area contributed by atoms with E-state index >= 15 is 0 Å². The second-order valence-electron chi connectivity index (χ2n) is 5.22. The van der Waals surface area contributed by atoms with Crippen LogP contribution in [0, 0.1) is 11.3 Å². The molecule has 0 spiro atoms. The van der Waals surface area contributed by atoms with Gasteiger partial charge < -0.3 is 10.4 Å². The van der Waals surface area contributed by atoms with E-state index in [2.05, 4.69) is 5.32 Å². The number of carbonyl (C=O) groups excluding carboxylic acids is 1. The lowest BCUT2D eigenvalue weighted by Crippen LogP contribution is -2.36. The maximum atomic E-state index is 12.3. The number of aliphatic hydroxyl groups is 1. The summed E-state index contributed by atoms with van der Waals surface area (Å²) in [4.78, 5) is 12.5. The smallest absolute Gasteiger partial charge is 0.261 e. The molecular formula is C15H13ClN2O4S2. The van der Waals surface area contributed by atoms with Crippen LogP contribution in [0.1, 0.15) is 17.4 Å². The number of thiophene rings is 1. The molecule has 1 atom stereocenters. The molecule has 1 unspecified atom stereocenters. The monoisotopic (exact) mass is 384 g/mol. The lowest BCUT2D eigenvalue weighted by Gasteiger charge is -2.21. The van der Waals surface area contributed by atoms with Gasteiger partial charge in [-0.2, -0.15) is 5.26 Å². The molecule has 6 nitrogen and oxygen atoms in total. The van der Waals surface area contributed by atoms with Crippen molar-refractivity contribution in [3.05, 3.63) is 45.8 Å². The highest BCUT2D eigenvalue weighted by molar-refractivity contribution is 7.92. The summed E-state index contributed by atoms with van der Waals surface area (Å²) in [6, 6.07) is 8.96. The highest BCUT2D eigenvalue weighted by Crippen LogP contribution is 2.32. The lowest BCUT2D eigenvalue weighted by atomic mass is 10.0. The molecule has 0 fully saturated rings. The molecule has 0 saturated heterocycles. The first-order chi connectivity index (χ1) is 11.1. The van der Waals surface area contributed by atoms with Crippen LogP contribution in [0.25, 0.3) is 0 Å². The largest absolute Gasteiger partial charge is 0.375 e. The third-order valence-corrected chi connectivity index (χ3v) is 6.64. The van der Waals surface area contributed by atoms with Crippen molar-refractivity contribution in [2.24, 2.45) is 0 Å². The molecule has 0 saturated carbocycles. The van der Waals surface area contributed by atoms with E-state index in [9.17, 15) is 18.3 Å². The van der Waals surface area contributed by atoms with Crippen LogP contribution in [-0.4, -0.2) is 25.7 Å². The van der Waals surface area contributed by atoms with E-state index in [1.165, 1.54) is 37.3 Å². The van der Waals surface area contributed by atoms with E-state index in [1.807, 2.05) is 6.07 Å². The fourth-order valence-electron chi connectivity index (χ4n) is 1.83. The maximum Gasteiger partial charge on any atom is 0.261 e. The summed E-state index contributed by atoms with van der Waals surface area (Å²) in [5.74, 6) is -0.745. The number of carbonyl (C=O) groups is 1. The number of benzene rings is 1. The fourth-order valence-corrected chi connectivity index (χ4v) is 4.02. The predicted molar refractivity (Wildman–Crippen MR) is 91.8 cm³/mol. The van der Waals surface area contributed by atoms with Crippen LogP contribution in [-0.2, 0) is 20.2 Å². The van der Waals surface area contributed by atoms with E-state index in [4.69, 9.17) is 16.9 Å². The number of nitriles is 1. The first-order valence-corrected chi connectivity index (χ1v) is 9.68. The summed E-state index contributed by atoms with van der Waals surface area (Å²) in [5, 5.41) is 22.0. The number of amides is 1. The molecule has 1 heterocycles. The van der Waals surface area contributed by atoms with Crippen LogP contribution in [0.4, 0.5) is 5.69 Å². The van der Waals surface area contributed by atoms with Gasteiger partial charge >= 0.3 is 0 Å². The number of anilines is 1. The molecule has 1 amide bonds. The zero-order valence-electron chi connectivity index (χ0n) is 12.7. The van der Waals surface area contributed by atoms with Crippen LogP contribution in [0.3, 0.4) is 0 Å². The van der Waals surface area contributed by atoms with Crippen molar-refractivity contribution in [2.45, 2.75) is 16.7 Å². The average Bonchev–Trinajstić information content (AvgIpc) is 2.98. The summed E-state index contributed by atoms with van der Waals surface area (Å²) >= 11 is 6.72. The molecular weight excluding hydrogens is 372 g/mol. The number of halogens is 1. The van der Waals surface area contributed by atoms with Crippen molar-refractivity contribution in [3.63, 3.8) is 0 Å². The van der Waals surface area contributed by atoms with E-state index in [1.54, 1.807) is 0 Å². The van der Waals surface area contributed by atoms with Gasteiger partial charge in [-0.3, -0.25) is 4.79 Å². The van der Waals surface area contributed by atoms with E-state index in [0.717, 1.165) is 17.6 Å². The summed E-state index contributed by atoms with van der Waals surface area (Å²) in [6.45, 7) is 1.27. The number of nitrogens with one attached hydrogen (secondary N) is 1. The van der Waals surface area contributed by atoms with Crippen LogP contribution in [0.2, 0.25) is 5.02 Å². The Kier molecular flexibility index (Phi) is 5.01. The molecule has 0 aliphatic rings. The SMILES string of the molecule is CC(O)(C(=O)Nc1ccc(C#N)c(Cl)c1)c1ccc(S(C)(=O)=O)s1. The zero-order chi connectivity index (χ0) is 18.1. The highest BCUT2D eigenvalue weighted by atomic mass is 35.5. The molecule has 1 aromatic heterocycles. The van der Waals surface area contributed by atoms with Gasteiger partial charge in [0.1, 0.15) is 10.3 Å². The van der Waals surface area contributed by atoms with Gasteiger partial charge in [0.15, 0.2) is 15.4 Å². The average molecular weight is 385 g/mol. The molecule has 1 aromatic carbocycles. The van der Waals surface area contributed by atoms with Crippen molar-refractivity contribution in [1.82, 2.24) is 0 Å². The van der Waals surface area contributed by atoms with Gasteiger partial charge in [-0.25, -0.2) is 8.42 Å². The number of nitrogens with zero attached hydrogens (tertiary/aromatic N) is 1. The van der Waals surface area contributed by atoms with E-state index in [0.29, 0.717) is 5.69 Å². The third-order valence-electron chi connectivity index (χ3n) is 3.22. The molecule has 0 radical (unpaired) electrons. The number of sulfone groups is 1. The maximum absolute atomic E-state index is 12.3. The standard InChI is InChI=1S/C15H13ClN2O4S2/c1-15(20,12-5-6-13(23-12)24(2,21)22)14(19)18-10-4-3-9(8-17)11(16)7-10/h3-7,20H,1-2H3,(H,18,19). The Bertz CT molecular complexity index is 943. The molecule has 0 aliphatic heterocycles. The quantitative estimate of drug-likeness (QED) is 0.842. The molecule has 0 aliphatic carbocycles. The first kappa shape index (κ1) is 18.4. The molecule has 126 valence electrons. The Morgan fingerprint density at radius 3 is 2.54 bits per heavy atom. The summed E-state index contributed by atoms with van der Waals surface area (Å²) < 4.78 is 23.1. The number of hydrogen-bond donors (Lipinski definition) is 2. The molecule has 24 heavy (non-hydrogen) atoms. The Hall–Kier alpha value is -1.92. The molecule has 0 bridgehead atoms. The van der Waals surface area contributed by atoms with Gasteiger partial charge in [0, 0.05) is 16.8 Å². The Labute approximate surface area is 148 Å². The minimum Gasteiger partial charge on any atom is -0.375 e. The van der Waals surface area contributed by atoms with Crippen LogP contribution in [0.15, 0.2) is 34.5 Å². The van der Waals surface area contributed by atoms with Crippen molar-refractivity contribution >= 4 is 44.4 Å². The van der Waals surface area contributed by atoms with E-state index in [-0.39, 0.29) is 19.7 Å². The first-order valence-electron chi connectivity index (χ1n) is 6.59. The molecule has 2 rings (SSSR count). The summed E-state index contributed by atoms with van der Waals surface area (Å²) in [5.41, 5.74) is -1.35. The summed E-state index contributed by atoms with van der Waals surface area (Å²) in [7, 11) is -3.41. The van der Waals surface area contributed by atoms with Crippen molar-refractivity contribution in [3.8, 4) is 6.07 Å². The van der Waals surface area contributed by atoms with Crippen LogP contribution < -0.4 is 5.32 Å². The second-order valence-corrected chi connectivity index (χ2v) is 8.96. The lowest BCUT2D eigenvalue weighted by molar-refractivity contribution is -0.132. The third kappa shape index (κ3) is 3.76. The van der Waals surface area contributed by atoms with Gasteiger partial charge in [0.2, 0.25) is 0 Å². The van der Waals surface area contributed by atoms with Crippen molar-refractivity contribution in [1.29, 1.82) is 5.26 Å². The van der Waals surface area contributed by atoms with Gasteiger partial charge in [-0.15, -0.1) is 11.3 Å². The second kappa shape index (κ2) is 6.53. The van der Waals surface area contributed by atoms with Gasteiger partial charge in [0.25, 0.3) is 5.91 Å². The van der Waals surface area contributed by atoms with Crippen molar-refractivity contribution in [2.75, 3.05) is 11.6 Å². The van der Waals surface area contributed by atoms with Gasteiger partial charge in [-0.05, 0) is 37.3 Å². The molecule has 9 heteroatoms. The zero-order valence-corrected chi connectivity index (χ0v) is 15.1. The predicted octanol–water partition coefficient (Wildman–Crippen LogP) is 2.52. The van der Waals surface area contributed by atoms with Gasteiger partial charge in [-0.1, -0.05) is 11.6 Å². The van der Waals surface area contributed by atoms with E-state index < -0.39 is 21.3 Å². The van der Waals surface area contributed by atoms with Crippen molar-refractivity contribution < 1.29 is 18.3 Å². The Morgan fingerprint density at radius 2 is 2.04 bits per heavy atom. The topological polar surface area (TPSA) is 107 Å². The highest BCUT2D eigenvalue weighted by Gasteiger charge is 2.35. The molecule has 2 aromatic rings. The normalized spacial score (nSPS) is 13.8. The minimum absolute atomic E-state index is 0.0620. The number of rotatable bonds is 4. The minimum atomic E-state index is -3.41. The number of hydrogen-bond acceptors (Lipinski definition) is 6. The Balaban J connectivity index is 2.26. The Morgan fingerprint density at radius 1 is 1.38 bits per heavy atom.